The summed E-state index contributed by atoms with van der Waals surface area (Å²) in [4.78, 5) is 89.2. The second-order valence-corrected chi connectivity index (χ2v) is 27.2. The summed E-state index contributed by atoms with van der Waals surface area (Å²) < 4.78 is 18.5. The average Bonchev–Trinajstić information content (AvgIpc) is 4.16. The molecule has 0 radical (unpaired) electrons. The van der Waals surface area contributed by atoms with E-state index < -0.39 is 101 Å². The van der Waals surface area contributed by atoms with Gasteiger partial charge in [0.1, 0.15) is 23.6 Å². The number of nitrogens with zero attached hydrogens (tertiary/aromatic N) is 3. The molecule has 7 aliphatic rings. The van der Waals surface area contributed by atoms with Crippen molar-refractivity contribution in [2.24, 2.45) is 52.8 Å². The lowest BCUT2D eigenvalue weighted by molar-refractivity contribution is -0.282. The highest BCUT2D eigenvalue weighted by atomic mass is 32.2. The predicted molar refractivity (Wildman–Crippen MR) is 311 cm³/mol. The van der Waals surface area contributed by atoms with Gasteiger partial charge < -0.3 is 54.4 Å². The maximum atomic E-state index is 14.9. The van der Waals surface area contributed by atoms with Crippen LogP contribution in [0, 0.1) is 52.8 Å². The molecule has 0 spiro atoms. The van der Waals surface area contributed by atoms with Crippen molar-refractivity contribution in [3.05, 3.63) is 46.2 Å². The van der Waals surface area contributed by atoms with Crippen LogP contribution in [-0.4, -0.2) is 162 Å². The second-order valence-electron chi connectivity index (χ2n) is 25.8. The van der Waals surface area contributed by atoms with Crippen molar-refractivity contribution in [3.8, 4) is 0 Å². The molecule has 17 nitrogen and oxygen atoms in total. The molecule has 1 aliphatic carbocycles. The Balaban J connectivity index is 0.00000522. The number of carbonyl (C=O) groups excluding carboxylic acids is 5. The zero-order valence-electron chi connectivity index (χ0n) is 50.9. The Morgan fingerprint density at radius 1 is 0.951 bits per heavy atom. The minimum absolute atomic E-state index is 0.0172. The number of carboxylic acids is 1. The second kappa shape index (κ2) is 27.9. The molecule has 2 amide bonds. The monoisotopic (exact) mass is 1150 g/mol. The fourth-order valence-corrected chi connectivity index (χ4v) is 15.8. The van der Waals surface area contributed by atoms with E-state index in [1.807, 2.05) is 53.7 Å². The molecule has 0 aromatic carbocycles. The van der Waals surface area contributed by atoms with Crippen molar-refractivity contribution in [2.45, 2.75) is 233 Å². The van der Waals surface area contributed by atoms with Crippen LogP contribution in [0.4, 0.5) is 0 Å². The number of ketones is 2. The third-order valence-electron chi connectivity index (χ3n) is 19.1. The molecule has 5 N–H and O–H groups in total. The lowest BCUT2D eigenvalue weighted by Gasteiger charge is -2.46. The molecule has 6 aliphatic heterocycles. The van der Waals surface area contributed by atoms with Gasteiger partial charge in [-0.15, -0.1) is 11.8 Å². The number of piperidine rings is 1. The van der Waals surface area contributed by atoms with Crippen molar-refractivity contribution < 1.29 is 68.5 Å². The van der Waals surface area contributed by atoms with Gasteiger partial charge in [0, 0.05) is 78.6 Å². The standard InChI is InChI=1S/C61H93N3O14S.C2H6/c1-32-23-33(2)25-42(18-20-60(10,11)40(9)62-22-19-43(31-62)79-50-29-45-51(39(8)65)56(70)64(45)52(50)58(72)73)48(68)30-47(67)38(7)54(36(5)27-41-16-17-46(66)49(28-41)76-12)77-59(74)44-15-13-14-21-63(44)57(71)55(69)61(75)37(6)26-35(4)53(78-61)34(3)24-32;1-2/h25,27,32,34-35,37-39,41-47,49,51,53-54,65-67,75H,9,13-24,26,28-31H2,1-8,10-12H3,(H,72,73);1-2H3/b33-25+,36-27+;/t32-,34-,35-,37+,38+,39+,41-,42+,43-,44-,45+,46+,47-,49+,51+,53+,54+,61+;/m0./s1. The number of esters is 1. The third kappa shape index (κ3) is 14.8. The van der Waals surface area contributed by atoms with Gasteiger partial charge in [-0.3, -0.25) is 19.2 Å². The topological polar surface area (TPSA) is 241 Å². The van der Waals surface area contributed by atoms with Crippen molar-refractivity contribution in [3.63, 3.8) is 0 Å². The molecule has 0 aromatic rings. The minimum atomic E-state index is -2.41. The summed E-state index contributed by atoms with van der Waals surface area (Å²) >= 11 is 1.50. The van der Waals surface area contributed by atoms with E-state index in [1.165, 1.54) is 21.6 Å². The van der Waals surface area contributed by atoms with Crippen LogP contribution in [0.2, 0.25) is 0 Å². The molecule has 6 heterocycles. The maximum absolute atomic E-state index is 14.9. The number of aliphatic hydroxyl groups excluding tert-OH is 3. The summed E-state index contributed by atoms with van der Waals surface area (Å²) in [5.74, 6) is -9.78. The van der Waals surface area contributed by atoms with Crippen molar-refractivity contribution in [1.29, 1.82) is 0 Å². The first-order chi connectivity index (χ1) is 38.1. The third-order valence-corrected chi connectivity index (χ3v) is 20.5. The van der Waals surface area contributed by atoms with E-state index in [1.54, 1.807) is 27.9 Å². The van der Waals surface area contributed by atoms with Crippen molar-refractivity contribution in [2.75, 3.05) is 26.7 Å². The van der Waals surface area contributed by atoms with Crippen LogP contribution in [0.15, 0.2) is 46.2 Å². The Labute approximate surface area is 486 Å². The first-order valence-electron chi connectivity index (χ1n) is 30.4. The molecule has 18 atom stereocenters. The number of carboxylic acid groups (broad SMARTS) is 1. The highest BCUT2D eigenvalue weighted by Crippen LogP contribution is 2.50. The van der Waals surface area contributed by atoms with Crippen molar-refractivity contribution >= 4 is 47.1 Å². The summed E-state index contributed by atoms with van der Waals surface area (Å²) in [6, 6.07) is -1.51. The number of amides is 2. The summed E-state index contributed by atoms with van der Waals surface area (Å²) in [7, 11) is 1.56. The molecule has 0 aromatic heterocycles. The SMILES string of the molecule is C=C(N1CC[C@H](SC2=C(C(=O)O)N3C(=O)[C@H]([C@@H](C)O)[C@H]3C2)C1)C(C)(C)CC[C@@H]1/C=C(\C)C[C@H](C)C[C@H](C)[C@H]2O[C@@](O)(C(=O)C(=O)N3CCCC[C@H]3C(=O)O[C@H](/C(C)=C/[C@@H]3CC[C@@H](O)[C@H](OC)C3)[C@H](C)[C@@H](O)CC1=O)[C@H](C)C[C@@H]2C.CC. The summed E-state index contributed by atoms with van der Waals surface area (Å²) in [5.41, 5.74) is 2.06. The fourth-order valence-electron chi connectivity index (χ4n) is 14.4. The molecular formula is C63H99N3O14S. The van der Waals surface area contributed by atoms with E-state index in [0.717, 1.165) is 17.7 Å². The van der Waals surface area contributed by atoms with Crippen LogP contribution >= 0.6 is 11.8 Å². The van der Waals surface area contributed by atoms with Crippen LogP contribution in [-0.2, 0) is 43.0 Å². The number of cyclic esters (lactones) is 1. The van der Waals surface area contributed by atoms with Gasteiger partial charge >= 0.3 is 11.9 Å². The smallest absolute Gasteiger partial charge is 0.353 e. The Hall–Kier alpha value is -3.91. The molecule has 18 heteroatoms. The maximum Gasteiger partial charge on any atom is 0.353 e. The molecule has 7 rings (SSSR count). The Morgan fingerprint density at radius 2 is 1.63 bits per heavy atom. The Kier molecular flexibility index (Phi) is 22.8. The number of Topliss-reactive ketones (excluding diaryl/α,β-unsaturated/α-hetero) is 2. The number of β-lactam (4-membered cyclic amide) rings is 1. The number of allylic oxidation sites excluding steroid dienone is 4. The number of aliphatic carboxylic acids is 1. The van der Waals surface area contributed by atoms with Gasteiger partial charge in [-0.2, -0.15) is 0 Å². The van der Waals surface area contributed by atoms with Gasteiger partial charge in [-0.25, -0.2) is 9.59 Å². The van der Waals surface area contributed by atoms with Gasteiger partial charge in [0.15, 0.2) is 0 Å². The number of hydrogen-bond donors (Lipinski definition) is 5. The van der Waals surface area contributed by atoms with Crippen LogP contribution in [0.3, 0.4) is 0 Å². The highest BCUT2D eigenvalue weighted by Gasteiger charge is 2.58. The molecule has 0 unspecified atom stereocenters. The zero-order chi connectivity index (χ0) is 60.2. The quantitative estimate of drug-likeness (QED) is 0.0534. The van der Waals surface area contributed by atoms with Gasteiger partial charge in [0.2, 0.25) is 11.7 Å². The summed E-state index contributed by atoms with van der Waals surface area (Å²) in [6.07, 6.45) is 5.98. The van der Waals surface area contributed by atoms with Gasteiger partial charge in [-0.1, -0.05) is 86.6 Å². The highest BCUT2D eigenvalue weighted by molar-refractivity contribution is 8.03. The zero-order valence-corrected chi connectivity index (χ0v) is 51.7. The number of ether oxygens (including phenoxy) is 3. The number of thioether (sulfide) groups is 1. The van der Waals surface area contributed by atoms with E-state index in [0.29, 0.717) is 94.2 Å². The molecule has 2 bridgehead atoms. The summed E-state index contributed by atoms with van der Waals surface area (Å²) in [6.45, 7) is 29.3. The normalized spacial score (nSPS) is 38.1. The fraction of sp³-hybridized carbons (Fsp3) is 0.778. The largest absolute Gasteiger partial charge is 0.477 e. The Morgan fingerprint density at radius 3 is 2.28 bits per heavy atom. The number of carbonyl (C=O) groups is 6. The van der Waals surface area contributed by atoms with E-state index in [9.17, 15) is 54.3 Å². The number of methoxy groups -OCH3 is 1. The first kappa shape index (κ1) is 66.2. The van der Waals surface area contributed by atoms with Gasteiger partial charge in [0.25, 0.3) is 11.7 Å². The van der Waals surface area contributed by atoms with Crippen LogP contribution < -0.4 is 0 Å². The van der Waals surface area contributed by atoms with Gasteiger partial charge in [-0.05, 0) is 127 Å². The molecule has 4 saturated heterocycles. The number of hydrogen-bond acceptors (Lipinski definition) is 15. The molecule has 456 valence electrons. The summed E-state index contributed by atoms with van der Waals surface area (Å²) in [5, 5.41) is 55.5. The first-order valence-corrected chi connectivity index (χ1v) is 31.3. The lowest BCUT2D eigenvalue weighted by Crippen LogP contribution is -2.62. The number of rotatable bonds is 12. The number of likely N-dealkylation sites (tertiary alicyclic amines) is 1. The molecule has 1 saturated carbocycles. The molecule has 81 heavy (non-hydrogen) atoms. The van der Waals surface area contributed by atoms with Gasteiger partial charge in [0.05, 0.1) is 42.5 Å². The van der Waals surface area contributed by atoms with E-state index in [4.69, 9.17) is 14.2 Å². The van der Waals surface area contributed by atoms with Crippen LogP contribution in [0.5, 0.6) is 0 Å². The number of fused-ring (bicyclic) bond motifs is 4. The van der Waals surface area contributed by atoms with E-state index in [2.05, 4.69) is 32.3 Å². The predicted octanol–water partition coefficient (Wildman–Crippen LogP) is 8.37. The van der Waals surface area contributed by atoms with E-state index >= 15 is 0 Å². The minimum Gasteiger partial charge on any atom is -0.477 e. The van der Waals surface area contributed by atoms with Crippen LogP contribution in [0.1, 0.15) is 173 Å². The van der Waals surface area contributed by atoms with Crippen molar-refractivity contribution in [1.82, 2.24) is 14.7 Å². The lowest BCUT2D eigenvalue weighted by atomic mass is 9.76. The van der Waals surface area contributed by atoms with E-state index in [-0.39, 0.29) is 71.7 Å². The molecular weight excluding hydrogens is 1050 g/mol. The molecule has 5 fully saturated rings. The number of aliphatic hydroxyl groups is 4. The van der Waals surface area contributed by atoms with Crippen LogP contribution in [0.25, 0.3) is 0 Å². The average molecular weight is 1150 g/mol. The Bertz CT molecular complexity index is 2400.